The SMILES string of the molecule is COc1ccccc1N1CCC(NC(=O)NCCC(=O)O)C1=O. The standard InChI is InChI=1S/C15H19N3O5/c1-23-12-5-3-2-4-11(12)18-9-7-10(14(18)21)17-15(22)16-8-6-13(19)20/h2-5,10H,6-9H2,1H3,(H,19,20)(H2,16,17,22). The van der Waals surface area contributed by atoms with E-state index in [4.69, 9.17) is 9.84 Å². The zero-order chi connectivity index (χ0) is 16.8. The summed E-state index contributed by atoms with van der Waals surface area (Å²) >= 11 is 0. The van der Waals surface area contributed by atoms with Crippen molar-refractivity contribution in [2.45, 2.75) is 18.9 Å². The van der Waals surface area contributed by atoms with Gasteiger partial charge in [0, 0.05) is 13.1 Å². The number of aliphatic carboxylic acids is 1. The van der Waals surface area contributed by atoms with Crippen LogP contribution < -0.4 is 20.3 Å². The minimum atomic E-state index is -0.996. The van der Waals surface area contributed by atoms with Gasteiger partial charge in [-0.25, -0.2) is 4.79 Å². The molecule has 1 atom stereocenters. The lowest BCUT2D eigenvalue weighted by Crippen LogP contribution is -2.46. The van der Waals surface area contributed by atoms with Crippen molar-refractivity contribution < 1.29 is 24.2 Å². The number of amides is 3. The molecule has 8 nitrogen and oxygen atoms in total. The Bertz CT molecular complexity index is 605. The Kier molecular flexibility index (Phi) is 5.40. The number of carboxylic acids is 1. The molecular formula is C15H19N3O5. The van der Waals surface area contributed by atoms with Crippen LogP contribution in [-0.4, -0.2) is 49.3 Å². The molecular weight excluding hydrogens is 302 g/mol. The van der Waals surface area contributed by atoms with Crippen LogP contribution in [0.2, 0.25) is 0 Å². The Morgan fingerprint density at radius 1 is 1.39 bits per heavy atom. The summed E-state index contributed by atoms with van der Waals surface area (Å²) < 4.78 is 5.25. The van der Waals surface area contributed by atoms with Gasteiger partial charge in [-0.05, 0) is 18.6 Å². The summed E-state index contributed by atoms with van der Waals surface area (Å²) in [7, 11) is 1.53. The van der Waals surface area contributed by atoms with E-state index in [2.05, 4.69) is 10.6 Å². The zero-order valence-electron chi connectivity index (χ0n) is 12.7. The number of methoxy groups -OCH3 is 1. The first-order chi connectivity index (χ1) is 11.0. The highest BCUT2D eigenvalue weighted by atomic mass is 16.5. The molecule has 124 valence electrons. The number of hydrogen-bond acceptors (Lipinski definition) is 4. The first-order valence-electron chi connectivity index (χ1n) is 7.23. The van der Waals surface area contributed by atoms with Crippen molar-refractivity contribution in [3.8, 4) is 5.75 Å². The van der Waals surface area contributed by atoms with Gasteiger partial charge in [0.05, 0.1) is 19.2 Å². The van der Waals surface area contributed by atoms with E-state index in [1.54, 1.807) is 17.0 Å². The lowest BCUT2D eigenvalue weighted by Gasteiger charge is -2.19. The molecule has 1 unspecified atom stereocenters. The Labute approximate surface area is 133 Å². The van der Waals surface area contributed by atoms with Crippen molar-refractivity contribution in [1.82, 2.24) is 10.6 Å². The lowest BCUT2D eigenvalue weighted by molar-refractivity contribution is -0.136. The molecule has 23 heavy (non-hydrogen) atoms. The zero-order valence-corrected chi connectivity index (χ0v) is 12.7. The maximum absolute atomic E-state index is 12.4. The minimum absolute atomic E-state index is 0.0122. The number of ether oxygens (including phenoxy) is 1. The van der Waals surface area contributed by atoms with Crippen LogP contribution in [0.5, 0.6) is 5.75 Å². The lowest BCUT2D eigenvalue weighted by atomic mass is 10.2. The third-order valence-electron chi connectivity index (χ3n) is 3.51. The van der Waals surface area contributed by atoms with E-state index in [1.165, 1.54) is 7.11 Å². The second-order valence-electron chi connectivity index (χ2n) is 5.05. The van der Waals surface area contributed by atoms with Crippen molar-refractivity contribution in [2.75, 3.05) is 25.1 Å². The summed E-state index contributed by atoms with van der Waals surface area (Å²) in [5.41, 5.74) is 0.663. The molecule has 1 aliphatic heterocycles. The van der Waals surface area contributed by atoms with Gasteiger partial charge in [-0.3, -0.25) is 9.59 Å². The predicted octanol–water partition coefficient (Wildman–Crippen LogP) is 0.574. The number of anilines is 1. The first kappa shape index (κ1) is 16.6. The highest BCUT2D eigenvalue weighted by Crippen LogP contribution is 2.30. The third-order valence-corrected chi connectivity index (χ3v) is 3.51. The quantitative estimate of drug-likeness (QED) is 0.710. The number of urea groups is 1. The van der Waals surface area contributed by atoms with Crippen molar-refractivity contribution in [1.29, 1.82) is 0 Å². The van der Waals surface area contributed by atoms with Crippen LogP contribution in [0.1, 0.15) is 12.8 Å². The van der Waals surface area contributed by atoms with Crippen LogP contribution in [0.15, 0.2) is 24.3 Å². The number of nitrogens with one attached hydrogen (secondary N) is 2. The second-order valence-corrected chi connectivity index (χ2v) is 5.05. The Balaban J connectivity index is 1.94. The van der Waals surface area contributed by atoms with Crippen molar-refractivity contribution in [3.05, 3.63) is 24.3 Å². The van der Waals surface area contributed by atoms with E-state index >= 15 is 0 Å². The molecule has 1 aliphatic rings. The number of rotatable bonds is 6. The van der Waals surface area contributed by atoms with Gasteiger partial charge in [-0.1, -0.05) is 12.1 Å². The largest absolute Gasteiger partial charge is 0.495 e. The second kappa shape index (κ2) is 7.48. The third kappa shape index (κ3) is 4.12. The first-order valence-corrected chi connectivity index (χ1v) is 7.23. The predicted molar refractivity (Wildman–Crippen MR) is 82.5 cm³/mol. The molecule has 3 N–H and O–H groups in total. The van der Waals surface area contributed by atoms with Gasteiger partial charge in [0.2, 0.25) is 5.91 Å². The Hall–Kier alpha value is -2.77. The van der Waals surface area contributed by atoms with Crippen molar-refractivity contribution >= 4 is 23.6 Å². The van der Waals surface area contributed by atoms with Crippen LogP contribution >= 0.6 is 0 Å². The summed E-state index contributed by atoms with van der Waals surface area (Å²) in [6.07, 6.45) is 0.308. The van der Waals surface area contributed by atoms with Crippen LogP contribution in [0, 0.1) is 0 Å². The van der Waals surface area contributed by atoms with Crippen LogP contribution in [0.25, 0.3) is 0 Å². The maximum atomic E-state index is 12.4. The van der Waals surface area contributed by atoms with E-state index < -0.39 is 18.0 Å². The maximum Gasteiger partial charge on any atom is 0.315 e. The van der Waals surface area contributed by atoms with Crippen molar-refractivity contribution in [2.24, 2.45) is 0 Å². The van der Waals surface area contributed by atoms with Gasteiger partial charge >= 0.3 is 12.0 Å². The molecule has 1 aromatic carbocycles. The molecule has 0 aliphatic carbocycles. The van der Waals surface area contributed by atoms with Gasteiger partial charge in [0.15, 0.2) is 0 Å². The molecule has 1 heterocycles. The molecule has 1 saturated heterocycles. The normalized spacial score (nSPS) is 17.0. The van der Waals surface area contributed by atoms with Gasteiger partial charge < -0.3 is 25.4 Å². The van der Waals surface area contributed by atoms with Crippen LogP contribution in [-0.2, 0) is 9.59 Å². The molecule has 3 amide bonds. The Morgan fingerprint density at radius 2 is 2.13 bits per heavy atom. The van der Waals surface area contributed by atoms with Crippen LogP contribution in [0.4, 0.5) is 10.5 Å². The van der Waals surface area contributed by atoms with Gasteiger partial charge in [0.25, 0.3) is 0 Å². The number of carboxylic acid groups (broad SMARTS) is 1. The highest BCUT2D eigenvalue weighted by Gasteiger charge is 2.34. The molecule has 1 fully saturated rings. The highest BCUT2D eigenvalue weighted by molar-refractivity contribution is 6.02. The summed E-state index contributed by atoms with van der Waals surface area (Å²) in [5.74, 6) is -0.625. The summed E-state index contributed by atoms with van der Waals surface area (Å²) in [6.45, 7) is 0.484. The fraction of sp³-hybridized carbons (Fsp3) is 0.400. The van der Waals surface area contributed by atoms with Gasteiger partial charge in [0.1, 0.15) is 11.8 Å². The average Bonchev–Trinajstić information content (AvgIpc) is 2.87. The van der Waals surface area contributed by atoms with Gasteiger partial charge in [-0.15, -0.1) is 0 Å². The molecule has 0 radical (unpaired) electrons. The Morgan fingerprint density at radius 3 is 2.83 bits per heavy atom. The molecule has 0 spiro atoms. The van der Waals surface area contributed by atoms with Crippen LogP contribution in [0.3, 0.4) is 0 Å². The van der Waals surface area contributed by atoms with E-state index in [9.17, 15) is 14.4 Å². The smallest absolute Gasteiger partial charge is 0.315 e. The average molecular weight is 321 g/mol. The molecule has 0 aromatic heterocycles. The molecule has 0 saturated carbocycles. The molecule has 8 heteroatoms. The topological polar surface area (TPSA) is 108 Å². The van der Waals surface area contributed by atoms with E-state index in [0.29, 0.717) is 24.4 Å². The van der Waals surface area contributed by atoms with E-state index in [0.717, 1.165) is 0 Å². The fourth-order valence-corrected chi connectivity index (χ4v) is 2.40. The van der Waals surface area contributed by atoms with Gasteiger partial charge in [-0.2, -0.15) is 0 Å². The summed E-state index contributed by atoms with van der Waals surface area (Å²) in [4.78, 5) is 36.1. The molecule has 0 bridgehead atoms. The molecule has 2 rings (SSSR count). The van der Waals surface area contributed by atoms with E-state index in [1.807, 2.05) is 12.1 Å². The minimum Gasteiger partial charge on any atom is -0.495 e. The molecule has 1 aromatic rings. The number of para-hydroxylation sites is 2. The summed E-state index contributed by atoms with van der Waals surface area (Å²) in [5, 5.41) is 13.5. The number of nitrogens with zero attached hydrogens (tertiary/aromatic N) is 1. The monoisotopic (exact) mass is 321 g/mol. The summed E-state index contributed by atoms with van der Waals surface area (Å²) in [6, 6.07) is 5.99. The van der Waals surface area contributed by atoms with Crippen molar-refractivity contribution in [3.63, 3.8) is 0 Å². The number of carbonyl (C=O) groups is 3. The number of benzene rings is 1. The number of carbonyl (C=O) groups excluding carboxylic acids is 2. The van der Waals surface area contributed by atoms with E-state index in [-0.39, 0.29) is 18.9 Å². The fourth-order valence-electron chi connectivity index (χ4n) is 2.40. The number of hydrogen-bond donors (Lipinski definition) is 3.